The Morgan fingerprint density at radius 3 is 2.09 bits per heavy atom. The van der Waals surface area contributed by atoms with Gasteiger partial charge in [-0.1, -0.05) is 32.5 Å². The van der Waals surface area contributed by atoms with Crippen molar-refractivity contribution < 1.29 is 4.52 Å². The number of hydrogen-bond acceptors (Lipinski definition) is 3. The van der Waals surface area contributed by atoms with Gasteiger partial charge in [-0.15, -0.1) is 0 Å². The lowest BCUT2D eigenvalue weighted by atomic mass is 10.3. The van der Waals surface area contributed by atoms with Crippen molar-refractivity contribution in [3.8, 4) is 0 Å². The first kappa shape index (κ1) is 11.7. The summed E-state index contributed by atoms with van der Waals surface area (Å²) in [4.78, 5) is 0. The van der Waals surface area contributed by atoms with Crippen LogP contribution in [0.4, 0.5) is 0 Å². The normalized spacial score (nSPS) is 11.8. The second-order valence-electron chi connectivity index (χ2n) is 3.37. The van der Waals surface area contributed by atoms with Crippen molar-refractivity contribution in [3.05, 3.63) is 0 Å². The predicted molar refractivity (Wildman–Crippen MR) is 59.8 cm³/mol. The van der Waals surface area contributed by atoms with Crippen LogP contribution >= 0.6 is 32.1 Å². The first-order chi connectivity index (χ1) is 4.81. The Kier molecular flexibility index (Phi) is 4.92. The van der Waals surface area contributed by atoms with Crippen molar-refractivity contribution in [3.63, 3.8) is 0 Å². The van der Waals surface area contributed by atoms with Gasteiger partial charge >= 0.3 is 0 Å². The standard InChI is InChI=1S/C7H15OPS2/c1-7(2,3)11-6(10)8-9(4)5/h1-5H3. The minimum atomic E-state index is -0.355. The van der Waals surface area contributed by atoms with Crippen molar-refractivity contribution in [2.45, 2.75) is 25.5 Å². The molecule has 0 atom stereocenters. The fraction of sp³-hybridized carbons (Fsp3) is 0.857. The van der Waals surface area contributed by atoms with Gasteiger partial charge in [0, 0.05) is 4.75 Å². The smallest absolute Gasteiger partial charge is 0.223 e. The molecule has 0 radical (unpaired) electrons. The van der Waals surface area contributed by atoms with Crippen molar-refractivity contribution in [1.82, 2.24) is 0 Å². The molecule has 0 fully saturated rings. The first-order valence-electron chi connectivity index (χ1n) is 3.39. The van der Waals surface area contributed by atoms with E-state index >= 15 is 0 Å². The highest BCUT2D eigenvalue weighted by Crippen LogP contribution is 2.33. The van der Waals surface area contributed by atoms with E-state index in [1.54, 1.807) is 11.8 Å². The topological polar surface area (TPSA) is 9.23 Å². The predicted octanol–water partition coefficient (Wildman–Crippen LogP) is 3.48. The fourth-order valence-corrected chi connectivity index (χ4v) is 3.01. The van der Waals surface area contributed by atoms with E-state index in [1.165, 1.54) is 0 Å². The maximum atomic E-state index is 5.39. The van der Waals surface area contributed by atoms with E-state index in [4.69, 9.17) is 16.7 Å². The van der Waals surface area contributed by atoms with Gasteiger partial charge in [0.15, 0.2) is 0 Å². The molecule has 4 heteroatoms. The van der Waals surface area contributed by atoms with E-state index in [-0.39, 0.29) is 12.9 Å². The molecule has 0 heterocycles. The van der Waals surface area contributed by atoms with Gasteiger partial charge in [0.25, 0.3) is 0 Å². The maximum absolute atomic E-state index is 5.39. The molecular weight excluding hydrogens is 195 g/mol. The molecule has 0 aliphatic carbocycles. The quantitative estimate of drug-likeness (QED) is 0.484. The largest absolute Gasteiger partial charge is 0.458 e. The maximum Gasteiger partial charge on any atom is 0.223 e. The second-order valence-corrected chi connectivity index (χ2v) is 7.60. The van der Waals surface area contributed by atoms with Crippen molar-refractivity contribution >= 4 is 36.5 Å². The number of thioether (sulfide) groups is 1. The highest BCUT2D eigenvalue weighted by molar-refractivity contribution is 8.23. The summed E-state index contributed by atoms with van der Waals surface area (Å²) in [5, 5.41) is 0. The number of thiocarbonyl (C=S) groups is 1. The first-order valence-corrected chi connectivity index (χ1v) is 6.77. The summed E-state index contributed by atoms with van der Waals surface area (Å²) in [5.74, 6) is 0. The average Bonchev–Trinajstić information content (AvgIpc) is 1.53. The van der Waals surface area contributed by atoms with Gasteiger partial charge < -0.3 is 4.52 Å². The van der Waals surface area contributed by atoms with Gasteiger partial charge in [-0.05, 0) is 25.5 Å². The third kappa shape index (κ3) is 8.58. The lowest BCUT2D eigenvalue weighted by molar-refractivity contribution is 0.652. The van der Waals surface area contributed by atoms with E-state index < -0.39 is 0 Å². The summed E-state index contributed by atoms with van der Waals surface area (Å²) in [7, 11) is -0.355. The average molecular weight is 210 g/mol. The number of hydrogen-bond donors (Lipinski definition) is 0. The molecule has 0 rings (SSSR count). The monoisotopic (exact) mass is 210 g/mol. The van der Waals surface area contributed by atoms with E-state index in [2.05, 4.69) is 20.8 Å². The SMILES string of the molecule is CP(C)OC(=S)SC(C)(C)C. The third-order valence-corrected chi connectivity index (χ3v) is 2.64. The van der Waals surface area contributed by atoms with E-state index in [1.807, 2.05) is 13.3 Å². The van der Waals surface area contributed by atoms with Gasteiger partial charge in [0.2, 0.25) is 4.38 Å². The lowest BCUT2D eigenvalue weighted by Gasteiger charge is -2.18. The van der Waals surface area contributed by atoms with Crippen molar-refractivity contribution in [1.29, 1.82) is 0 Å². The molecule has 0 spiro atoms. The van der Waals surface area contributed by atoms with Crippen LogP contribution in [0.3, 0.4) is 0 Å². The Labute approximate surface area is 80.1 Å². The van der Waals surface area contributed by atoms with Crippen LogP contribution in [-0.4, -0.2) is 22.5 Å². The van der Waals surface area contributed by atoms with Gasteiger partial charge in [-0.2, -0.15) is 0 Å². The van der Waals surface area contributed by atoms with Crippen molar-refractivity contribution in [2.24, 2.45) is 0 Å². The zero-order valence-corrected chi connectivity index (χ0v) is 10.2. The zero-order chi connectivity index (χ0) is 9.07. The van der Waals surface area contributed by atoms with Gasteiger partial charge in [-0.3, -0.25) is 0 Å². The number of rotatable bonds is 1. The zero-order valence-electron chi connectivity index (χ0n) is 7.67. The Hall–Kier alpha value is 0.670. The van der Waals surface area contributed by atoms with Crippen LogP contribution in [0.25, 0.3) is 0 Å². The minimum Gasteiger partial charge on any atom is -0.458 e. The molecule has 66 valence electrons. The molecule has 0 saturated heterocycles. The van der Waals surface area contributed by atoms with E-state index in [9.17, 15) is 0 Å². The molecule has 0 unspecified atom stereocenters. The van der Waals surface area contributed by atoms with E-state index in [0.717, 1.165) is 0 Å². The molecule has 0 aliphatic rings. The summed E-state index contributed by atoms with van der Waals surface area (Å²) in [6, 6.07) is 0. The molecule has 1 nitrogen and oxygen atoms in total. The molecule has 11 heavy (non-hydrogen) atoms. The molecule has 0 aromatic carbocycles. The highest BCUT2D eigenvalue weighted by atomic mass is 32.2. The van der Waals surface area contributed by atoms with Crippen LogP contribution in [0.15, 0.2) is 0 Å². The van der Waals surface area contributed by atoms with Crippen LogP contribution in [0, 0.1) is 0 Å². The summed E-state index contributed by atoms with van der Waals surface area (Å²) in [6.45, 7) is 10.5. The molecular formula is C7H15OPS2. The van der Waals surface area contributed by atoms with Crippen molar-refractivity contribution in [2.75, 3.05) is 13.3 Å². The van der Waals surface area contributed by atoms with Gasteiger partial charge in [0.1, 0.15) is 0 Å². The Bertz CT molecular complexity index is 140. The summed E-state index contributed by atoms with van der Waals surface area (Å²) in [6.07, 6.45) is 0. The summed E-state index contributed by atoms with van der Waals surface area (Å²) >= 11 is 6.65. The van der Waals surface area contributed by atoms with Crippen LogP contribution in [0.1, 0.15) is 20.8 Å². The molecule has 0 aromatic rings. The van der Waals surface area contributed by atoms with Crippen LogP contribution in [0.2, 0.25) is 0 Å². The Morgan fingerprint density at radius 2 is 1.82 bits per heavy atom. The van der Waals surface area contributed by atoms with Gasteiger partial charge in [-0.25, -0.2) is 0 Å². The highest BCUT2D eigenvalue weighted by Gasteiger charge is 2.15. The molecule has 0 amide bonds. The fourth-order valence-electron chi connectivity index (χ4n) is 0.418. The van der Waals surface area contributed by atoms with Crippen LogP contribution in [0.5, 0.6) is 0 Å². The second kappa shape index (κ2) is 4.64. The molecule has 0 aliphatic heterocycles. The van der Waals surface area contributed by atoms with Gasteiger partial charge in [0.05, 0.1) is 8.15 Å². The molecule has 0 bridgehead atoms. The molecule has 0 saturated carbocycles. The summed E-state index contributed by atoms with van der Waals surface area (Å²) in [5.41, 5.74) is 0. The Balaban J connectivity index is 3.71. The minimum absolute atomic E-state index is 0.169. The van der Waals surface area contributed by atoms with Crippen LogP contribution in [-0.2, 0) is 4.52 Å². The molecule has 0 aromatic heterocycles. The summed E-state index contributed by atoms with van der Waals surface area (Å²) < 4.78 is 6.23. The Morgan fingerprint density at radius 1 is 1.36 bits per heavy atom. The lowest BCUT2D eigenvalue weighted by Crippen LogP contribution is -2.11. The van der Waals surface area contributed by atoms with E-state index in [0.29, 0.717) is 4.38 Å². The molecule has 0 N–H and O–H groups in total. The van der Waals surface area contributed by atoms with Crippen LogP contribution < -0.4 is 0 Å². The third-order valence-electron chi connectivity index (χ3n) is 0.647.